The van der Waals surface area contributed by atoms with Gasteiger partial charge < -0.3 is 10.4 Å². The zero-order valence-electron chi connectivity index (χ0n) is 10.6. The van der Waals surface area contributed by atoms with Crippen molar-refractivity contribution >= 4 is 29.0 Å². The number of thiophene rings is 1. The third-order valence-corrected chi connectivity index (χ3v) is 5.10. The van der Waals surface area contributed by atoms with E-state index in [2.05, 4.69) is 5.32 Å². The lowest BCUT2D eigenvalue weighted by Crippen LogP contribution is -2.40. The van der Waals surface area contributed by atoms with Crippen LogP contribution >= 0.6 is 23.1 Å². The molecule has 96 valence electrons. The molecule has 0 aliphatic carbocycles. The van der Waals surface area contributed by atoms with Crippen molar-refractivity contribution in [1.29, 1.82) is 0 Å². The van der Waals surface area contributed by atoms with Crippen molar-refractivity contribution in [3.8, 4) is 0 Å². The number of hydrogen-bond donors (Lipinski definition) is 2. The van der Waals surface area contributed by atoms with E-state index in [9.17, 15) is 4.79 Å². The van der Waals surface area contributed by atoms with Crippen molar-refractivity contribution < 1.29 is 9.90 Å². The minimum atomic E-state index is -0.0498. The van der Waals surface area contributed by atoms with Crippen LogP contribution in [-0.4, -0.2) is 35.2 Å². The number of carbonyl (C=O) groups excluding carboxylic acids is 1. The molecule has 1 amide bonds. The fourth-order valence-corrected chi connectivity index (χ4v) is 3.06. The lowest BCUT2D eigenvalue weighted by Gasteiger charge is -2.20. The molecule has 0 aliphatic heterocycles. The first-order chi connectivity index (χ1) is 7.99. The first-order valence-corrected chi connectivity index (χ1v) is 7.61. The van der Waals surface area contributed by atoms with Crippen molar-refractivity contribution in [2.45, 2.75) is 32.1 Å². The summed E-state index contributed by atoms with van der Waals surface area (Å²) in [7, 11) is 0. The van der Waals surface area contributed by atoms with Gasteiger partial charge >= 0.3 is 0 Å². The van der Waals surface area contributed by atoms with Crippen LogP contribution < -0.4 is 5.32 Å². The minimum Gasteiger partial charge on any atom is -0.395 e. The largest absolute Gasteiger partial charge is 0.395 e. The lowest BCUT2D eigenvalue weighted by atomic mass is 10.2. The van der Waals surface area contributed by atoms with E-state index in [4.69, 9.17) is 5.11 Å². The molecule has 2 atom stereocenters. The fourth-order valence-electron chi connectivity index (χ4n) is 1.49. The molecule has 0 bridgehead atoms. The van der Waals surface area contributed by atoms with Crippen LogP contribution in [0, 0.1) is 13.8 Å². The molecule has 0 aromatic carbocycles. The molecule has 1 rings (SSSR count). The van der Waals surface area contributed by atoms with E-state index in [0.717, 1.165) is 10.4 Å². The van der Waals surface area contributed by atoms with Crippen molar-refractivity contribution in [2.24, 2.45) is 0 Å². The SMILES string of the molecule is CSC(CO)C(C)NC(=O)c1cc(C)c(C)s1. The summed E-state index contributed by atoms with van der Waals surface area (Å²) in [6, 6.07) is 1.87. The molecule has 0 fully saturated rings. The Labute approximate surface area is 111 Å². The number of hydrogen-bond acceptors (Lipinski definition) is 4. The first-order valence-electron chi connectivity index (χ1n) is 5.51. The summed E-state index contributed by atoms with van der Waals surface area (Å²) in [6.45, 7) is 6.01. The number of nitrogens with one attached hydrogen (secondary N) is 1. The molecule has 0 aliphatic rings. The lowest BCUT2D eigenvalue weighted by molar-refractivity contribution is 0.0940. The molecule has 0 saturated carbocycles. The minimum absolute atomic E-state index is 0.0368. The molecular formula is C12H19NO2S2. The molecule has 5 heteroatoms. The van der Waals surface area contributed by atoms with Gasteiger partial charge in [0.25, 0.3) is 5.91 Å². The highest BCUT2D eigenvalue weighted by molar-refractivity contribution is 7.99. The predicted octanol–water partition coefficient (Wildman–Crippen LogP) is 2.21. The summed E-state index contributed by atoms with van der Waals surface area (Å²) in [5.74, 6) is -0.0498. The van der Waals surface area contributed by atoms with Crippen molar-refractivity contribution in [1.82, 2.24) is 5.32 Å². The maximum Gasteiger partial charge on any atom is 0.261 e. The van der Waals surface area contributed by atoms with Gasteiger partial charge in [0.2, 0.25) is 0 Å². The van der Waals surface area contributed by atoms with Crippen LogP contribution in [0.4, 0.5) is 0 Å². The van der Waals surface area contributed by atoms with Gasteiger partial charge in [-0.15, -0.1) is 11.3 Å². The highest BCUT2D eigenvalue weighted by Crippen LogP contribution is 2.21. The van der Waals surface area contributed by atoms with Crippen LogP contribution in [-0.2, 0) is 0 Å². The van der Waals surface area contributed by atoms with E-state index < -0.39 is 0 Å². The van der Waals surface area contributed by atoms with Crippen LogP contribution in [0.1, 0.15) is 27.0 Å². The van der Waals surface area contributed by atoms with E-state index in [1.165, 1.54) is 16.2 Å². The molecule has 17 heavy (non-hydrogen) atoms. The monoisotopic (exact) mass is 273 g/mol. The maximum absolute atomic E-state index is 12.0. The summed E-state index contributed by atoms with van der Waals surface area (Å²) in [5, 5.41) is 12.1. The van der Waals surface area contributed by atoms with Crippen molar-refractivity contribution in [2.75, 3.05) is 12.9 Å². The van der Waals surface area contributed by atoms with Gasteiger partial charge in [-0.1, -0.05) is 0 Å². The average Bonchev–Trinajstić information content (AvgIpc) is 2.61. The standard InChI is InChI=1S/C12H19NO2S2/c1-7-5-10(17-9(7)3)12(15)13-8(2)11(6-14)16-4/h5,8,11,14H,6H2,1-4H3,(H,13,15). The van der Waals surface area contributed by atoms with E-state index >= 15 is 0 Å². The second-order valence-electron chi connectivity index (χ2n) is 4.07. The zero-order chi connectivity index (χ0) is 13.0. The number of carbonyl (C=O) groups is 1. The van der Waals surface area contributed by atoms with E-state index in [1.807, 2.05) is 33.1 Å². The van der Waals surface area contributed by atoms with Gasteiger partial charge in [0.1, 0.15) is 0 Å². The second kappa shape index (κ2) is 6.42. The Morgan fingerprint density at radius 1 is 1.59 bits per heavy atom. The molecular weight excluding hydrogens is 254 g/mol. The summed E-state index contributed by atoms with van der Waals surface area (Å²) < 4.78 is 0. The maximum atomic E-state index is 12.0. The fraction of sp³-hybridized carbons (Fsp3) is 0.583. The molecule has 2 unspecified atom stereocenters. The van der Waals surface area contributed by atoms with Crippen molar-refractivity contribution in [3.63, 3.8) is 0 Å². The van der Waals surface area contributed by atoms with Crippen LogP contribution in [0.3, 0.4) is 0 Å². The molecule has 1 aromatic heterocycles. The Morgan fingerprint density at radius 2 is 2.24 bits per heavy atom. The molecule has 0 radical (unpaired) electrons. The zero-order valence-corrected chi connectivity index (χ0v) is 12.2. The molecule has 3 nitrogen and oxygen atoms in total. The highest BCUT2D eigenvalue weighted by Gasteiger charge is 2.19. The molecule has 0 saturated heterocycles. The van der Waals surface area contributed by atoms with Crippen LogP contribution in [0.15, 0.2) is 6.07 Å². The Bertz CT molecular complexity index is 366. The Balaban J connectivity index is 2.66. The van der Waals surface area contributed by atoms with Gasteiger partial charge in [0.05, 0.1) is 11.5 Å². The van der Waals surface area contributed by atoms with E-state index in [0.29, 0.717) is 0 Å². The Morgan fingerprint density at radius 3 is 2.65 bits per heavy atom. The van der Waals surface area contributed by atoms with Gasteiger partial charge in [0.15, 0.2) is 0 Å². The summed E-state index contributed by atoms with van der Waals surface area (Å²) in [5.41, 5.74) is 1.15. The topological polar surface area (TPSA) is 49.3 Å². The third kappa shape index (κ3) is 3.72. The van der Waals surface area contributed by atoms with Gasteiger partial charge in [-0.25, -0.2) is 0 Å². The summed E-state index contributed by atoms with van der Waals surface area (Å²) in [4.78, 5) is 13.9. The molecule has 1 aromatic rings. The number of thioether (sulfide) groups is 1. The molecule has 2 N–H and O–H groups in total. The molecule has 1 heterocycles. The van der Waals surface area contributed by atoms with Crippen LogP contribution in [0.2, 0.25) is 0 Å². The highest BCUT2D eigenvalue weighted by atomic mass is 32.2. The number of aliphatic hydroxyl groups is 1. The molecule has 0 spiro atoms. The van der Waals surface area contributed by atoms with Crippen LogP contribution in [0.25, 0.3) is 0 Å². The smallest absolute Gasteiger partial charge is 0.261 e. The van der Waals surface area contributed by atoms with Gasteiger partial charge in [-0.05, 0) is 38.7 Å². The average molecular weight is 273 g/mol. The number of aliphatic hydroxyl groups excluding tert-OH is 1. The van der Waals surface area contributed by atoms with E-state index in [-0.39, 0.29) is 23.8 Å². The first kappa shape index (κ1) is 14.5. The van der Waals surface area contributed by atoms with Gasteiger partial charge in [-0.2, -0.15) is 11.8 Å². The number of rotatable bonds is 5. The normalized spacial score (nSPS) is 14.4. The van der Waals surface area contributed by atoms with Gasteiger partial charge in [-0.3, -0.25) is 4.79 Å². The second-order valence-corrected chi connectivity index (χ2v) is 6.40. The Kier molecular flexibility index (Phi) is 5.49. The van der Waals surface area contributed by atoms with Gasteiger partial charge in [0, 0.05) is 16.2 Å². The summed E-state index contributed by atoms with van der Waals surface area (Å²) in [6.07, 6.45) is 1.93. The third-order valence-electron chi connectivity index (χ3n) is 2.79. The van der Waals surface area contributed by atoms with Crippen LogP contribution in [0.5, 0.6) is 0 Å². The summed E-state index contributed by atoms with van der Waals surface area (Å²) >= 11 is 3.07. The van der Waals surface area contributed by atoms with E-state index in [1.54, 1.807) is 11.8 Å². The predicted molar refractivity (Wildman–Crippen MR) is 75.1 cm³/mol. The number of amides is 1. The van der Waals surface area contributed by atoms with Crippen molar-refractivity contribution in [3.05, 3.63) is 21.4 Å². The Hall–Kier alpha value is -0.520. The number of aryl methyl sites for hydroxylation is 2. The quantitative estimate of drug-likeness (QED) is 0.865.